The number of nitrogens with two attached hydrogens (primary N) is 1. The number of hydrogen-bond acceptors (Lipinski definition) is 2. The maximum atomic E-state index is 12.3. The molecule has 2 nitrogen and oxygen atoms in total. The highest BCUT2D eigenvalue weighted by atomic mass is 19.4. The van der Waals surface area contributed by atoms with Gasteiger partial charge >= 0.3 is 6.36 Å². The largest absolute Gasteiger partial charge is 0.573 e. The van der Waals surface area contributed by atoms with Crippen molar-refractivity contribution >= 4 is 0 Å². The van der Waals surface area contributed by atoms with E-state index in [0.29, 0.717) is 18.4 Å². The smallest absolute Gasteiger partial charge is 0.406 e. The zero-order valence-corrected chi connectivity index (χ0v) is 11.4. The second-order valence-corrected chi connectivity index (χ2v) is 5.67. The van der Waals surface area contributed by atoms with Crippen LogP contribution in [0, 0.1) is 5.41 Å². The maximum Gasteiger partial charge on any atom is 0.573 e. The van der Waals surface area contributed by atoms with Gasteiger partial charge in [-0.2, -0.15) is 0 Å². The number of aryl methyl sites for hydroxylation is 1. The van der Waals surface area contributed by atoms with Crippen LogP contribution in [0.4, 0.5) is 13.2 Å². The molecule has 2 N–H and O–H groups in total. The predicted octanol–water partition coefficient (Wildman–Crippen LogP) is 3.89. The van der Waals surface area contributed by atoms with E-state index in [1.807, 2.05) is 20.8 Å². The molecule has 1 atom stereocenters. The van der Waals surface area contributed by atoms with Gasteiger partial charge in [-0.15, -0.1) is 13.2 Å². The number of hydrogen-bond donors (Lipinski definition) is 1. The first-order chi connectivity index (χ1) is 8.59. The van der Waals surface area contributed by atoms with E-state index in [1.165, 1.54) is 12.1 Å². The molecule has 0 fully saturated rings. The molecule has 5 heteroatoms. The van der Waals surface area contributed by atoms with Gasteiger partial charge < -0.3 is 10.5 Å². The summed E-state index contributed by atoms with van der Waals surface area (Å²) in [5.74, 6) is -0.142. The van der Waals surface area contributed by atoms with Gasteiger partial charge in [0.25, 0.3) is 0 Å². The van der Waals surface area contributed by atoms with Gasteiger partial charge in [0.05, 0.1) is 0 Å². The van der Waals surface area contributed by atoms with Gasteiger partial charge in [0.1, 0.15) is 5.75 Å². The standard InChI is InChI=1S/C14H20F3NO/c1-13(2,3)12(18)9-8-10-6-4-5-7-11(10)19-14(15,16)17/h4-7,12H,8-9,18H2,1-3H3. The molecule has 0 saturated carbocycles. The molecule has 0 aromatic heterocycles. The molecule has 0 heterocycles. The molecular formula is C14H20F3NO. The van der Waals surface area contributed by atoms with E-state index in [0.717, 1.165) is 0 Å². The maximum absolute atomic E-state index is 12.3. The normalized spacial score (nSPS) is 14.3. The zero-order valence-electron chi connectivity index (χ0n) is 11.4. The summed E-state index contributed by atoms with van der Waals surface area (Å²) in [4.78, 5) is 0. The Labute approximate surface area is 111 Å². The van der Waals surface area contributed by atoms with Crippen molar-refractivity contribution in [2.75, 3.05) is 0 Å². The van der Waals surface area contributed by atoms with Crippen LogP contribution in [0.1, 0.15) is 32.8 Å². The highest BCUT2D eigenvalue weighted by Gasteiger charge is 2.32. The van der Waals surface area contributed by atoms with Crippen molar-refractivity contribution in [1.82, 2.24) is 0 Å². The predicted molar refractivity (Wildman–Crippen MR) is 68.9 cm³/mol. The minimum atomic E-state index is -4.66. The molecule has 1 rings (SSSR count). The monoisotopic (exact) mass is 275 g/mol. The highest BCUT2D eigenvalue weighted by Crippen LogP contribution is 2.28. The summed E-state index contributed by atoms with van der Waals surface area (Å²) < 4.78 is 40.8. The molecule has 0 aliphatic heterocycles. The fourth-order valence-corrected chi connectivity index (χ4v) is 1.68. The van der Waals surface area contributed by atoms with Crippen LogP contribution in [0.2, 0.25) is 0 Å². The summed E-state index contributed by atoms with van der Waals surface area (Å²) in [6.45, 7) is 6.03. The number of benzene rings is 1. The van der Waals surface area contributed by atoms with Gasteiger partial charge in [-0.05, 0) is 29.9 Å². The molecule has 1 aromatic carbocycles. The molecular weight excluding hydrogens is 255 g/mol. The Morgan fingerprint density at radius 1 is 1.16 bits per heavy atom. The van der Waals surface area contributed by atoms with E-state index >= 15 is 0 Å². The Bertz CT molecular complexity index is 410. The van der Waals surface area contributed by atoms with E-state index < -0.39 is 6.36 Å². The number of alkyl halides is 3. The van der Waals surface area contributed by atoms with Crippen molar-refractivity contribution in [3.63, 3.8) is 0 Å². The van der Waals surface area contributed by atoms with E-state index in [-0.39, 0.29) is 17.2 Å². The number of rotatable bonds is 4. The minimum absolute atomic E-state index is 0.0696. The topological polar surface area (TPSA) is 35.2 Å². The number of ether oxygens (including phenoxy) is 1. The van der Waals surface area contributed by atoms with Gasteiger partial charge in [-0.3, -0.25) is 0 Å². The zero-order chi connectivity index (χ0) is 14.7. The molecule has 1 aromatic rings. The van der Waals surface area contributed by atoms with E-state index in [9.17, 15) is 13.2 Å². The summed E-state index contributed by atoms with van der Waals surface area (Å²) in [7, 11) is 0. The average Bonchev–Trinajstić information content (AvgIpc) is 2.24. The van der Waals surface area contributed by atoms with E-state index in [1.54, 1.807) is 12.1 Å². The SMILES string of the molecule is CC(C)(C)C(N)CCc1ccccc1OC(F)(F)F. The molecule has 108 valence electrons. The first kappa shape index (κ1) is 15.8. The van der Waals surface area contributed by atoms with E-state index in [2.05, 4.69) is 4.74 Å². The molecule has 0 bridgehead atoms. The molecule has 0 aliphatic rings. The summed E-state index contributed by atoms with van der Waals surface area (Å²) >= 11 is 0. The fourth-order valence-electron chi connectivity index (χ4n) is 1.68. The lowest BCUT2D eigenvalue weighted by molar-refractivity contribution is -0.274. The van der Waals surface area contributed by atoms with Crippen LogP contribution >= 0.6 is 0 Å². The van der Waals surface area contributed by atoms with Crippen LogP contribution in [0.5, 0.6) is 5.75 Å². The third-order valence-electron chi connectivity index (χ3n) is 3.04. The lowest BCUT2D eigenvalue weighted by Crippen LogP contribution is -2.35. The molecule has 0 radical (unpaired) electrons. The van der Waals surface area contributed by atoms with E-state index in [4.69, 9.17) is 5.73 Å². The van der Waals surface area contributed by atoms with Gasteiger partial charge in [-0.25, -0.2) is 0 Å². The first-order valence-electron chi connectivity index (χ1n) is 6.19. The Balaban J connectivity index is 2.74. The Morgan fingerprint density at radius 2 is 1.74 bits per heavy atom. The summed E-state index contributed by atoms with van der Waals surface area (Å²) in [6.07, 6.45) is -3.59. The average molecular weight is 275 g/mol. The highest BCUT2D eigenvalue weighted by molar-refractivity contribution is 5.33. The lowest BCUT2D eigenvalue weighted by atomic mass is 9.84. The van der Waals surface area contributed by atoms with Crippen LogP contribution in [0.25, 0.3) is 0 Å². The second-order valence-electron chi connectivity index (χ2n) is 5.67. The van der Waals surface area contributed by atoms with Crippen LogP contribution in [0.3, 0.4) is 0 Å². The van der Waals surface area contributed by atoms with Gasteiger partial charge in [0.15, 0.2) is 0 Å². The lowest BCUT2D eigenvalue weighted by Gasteiger charge is -2.27. The van der Waals surface area contributed by atoms with Crippen molar-refractivity contribution in [2.45, 2.75) is 46.0 Å². The summed E-state index contributed by atoms with van der Waals surface area (Å²) in [5.41, 5.74) is 6.47. The summed E-state index contributed by atoms with van der Waals surface area (Å²) in [6, 6.07) is 6.10. The van der Waals surface area contributed by atoms with Crippen molar-refractivity contribution < 1.29 is 17.9 Å². The Hall–Kier alpha value is -1.23. The van der Waals surface area contributed by atoms with Crippen LogP contribution in [-0.4, -0.2) is 12.4 Å². The van der Waals surface area contributed by atoms with Crippen LogP contribution < -0.4 is 10.5 Å². The molecule has 1 unspecified atom stereocenters. The minimum Gasteiger partial charge on any atom is -0.406 e. The molecule has 0 spiro atoms. The molecule has 0 saturated heterocycles. The second kappa shape index (κ2) is 5.82. The van der Waals surface area contributed by atoms with Crippen molar-refractivity contribution in [2.24, 2.45) is 11.1 Å². The van der Waals surface area contributed by atoms with Crippen molar-refractivity contribution in [1.29, 1.82) is 0 Å². The molecule has 0 aliphatic carbocycles. The third kappa shape index (κ3) is 5.51. The molecule has 19 heavy (non-hydrogen) atoms. The fraction of sp³-hybridized carbons (Fsp3) is 0.571. The van der Waals surface area contributed by atoms with Crippen LogP contribution in [-0.2, 0) is 6.42 Å². The number of halogens is 3. The molecule has 0 amide bonds. The number of para-hydroxylation sites is 1. The van der Waals surface area contributed by atoms with Gasteiger partial charge in [0.2, 0.25) is 0 Å². The first-order valence-corrected chi connectivity index (χ1v) is 6.19. The Morgan fingerprint density at radius 3 is 2.26 bits per heavy atom. The summed E-state index contributed by atoms with van der Waals surface area (Å²) in [5, 5.41) is 0. The quantitative estimate of drug-likeness (QED) is 0.904. The van der Waals surface area contributed by atoms with Crippen LogP contribution in [0.15, 0.2) is 24.3 Å². The third-order valence-corrected chi connectivity index (χ3v) is 3.04. The van der Waals surface area contributed by atoms with Crippen molar-refractivity contribution in [3.8, 4) is 5.75 Å². The van der Waals surface area contributed by atoms with Gasteiger partial charge in [0, 0.05) is 6.04 Å². The van der Waals surface area contributed by atoms with Crippen molar-refractivity contribution in [3.05, 3.63) is 29.8 Å². The van der Waals surface area contributed by atoms with Gasteiger partial charge in [-0.1, -0.05) is 39.0 Å². The Kier molecular flexibility index (Phi) is 4.85.